The Morgan fingerprint density at radius 1 is 1.07 bits per heavy atom. The number of amides is 1. The zero-order valence-electron chi connectivity index (χ0n) is 14.6. The highest BCUT2D eigenvalue weighted by molar-refractivity contribution is 7.20. The zero-order chi connectivity index (χ0) is 18.8. The molecule has 0 aliphatic heterocycles. The number of furan rings is 1. The number of hydrogen-bond acceptors (Lipinski definition) is 5. The molecule has 0 unspecified atom stereocenters. The second-order valence-corrected chi connectivity index (χ2v) is 7.28. The number of carbonyl (C=O) groups is 2. The van der Waals surface area contributed by atoms with Gasteiger partial charge in [-0.25, -0.2) is 4.79 Å². The Morgan fingerprint density at radius 2 is 1.81 bits per heavy atom. The van der Waals surface area contributed by atoms with E-state index in [4.69, 9.17) is 9.15 Å². The van der Waals surface area contributed by atoms with Crippen LogP contribution in [0.5, 0.6) is 0 Å². The lowest BCUT2D eigenvalue weighted by Gasteiger charge is -2.11. The van der Waals surface area contributed by atoms with Gasteiger partial charge in [0.15, 0.2) is 6.61 Å². The highest BCUT2D eigenvalue weighted by atomic mass is 32.1. The van der Waals surface area contributed by atoms with Gasteiger partial charge in [0.1, 0.15) is 16.2 Å². The zero-order valence-corrected chi connectivity index (χ0v) is 15.4. The van der Waals surface area contributed by atoms with Gasteiger partial charge in [0.2, 0.25) is 0 Å². The summed E-state index contributed by atoms with van der Waals surface area (Å²) in [5.74, 6) is -0.222. The van der Waals surface area contributed by atoms with Crippen molar-refractivity contribution in [3.05, 3.63) is 71.3 Å². The molecule has 2 heterocycles. The Labute approximate surface area is 159 Å². The van der Waals surface area contributed by atoms with Crippen LogP contribution >= 0.6 is 11.3 Å². The van der Waals surface area contributed by atoms with Crippen molar-refractivity contribution in [1.29, 1.82) is 0 Å². The van der Waals surface area contributed by atoms with Crippen LogP contribution in [0, 0.1) is 0 Å². The molecule has 136 valence electrons. The molecule has 1 N–H and O–H groups in total. The predicted molar refractivity (Wildman–Crippen MR) is 105 cm³/mol. The van der Waals surface area contributed by atoms with Crippen LogP contribution in [0.1, 0.15) is 28.4 Å². The van der Waals surface area contributed by atoms with E-state index in [1.54, 1.807) is 6.07 Å². The summed E-state index contributed by atoms with van der Waals surface area (Å²) >= 11 is 1.35. The van der Waals surface area contributed by atoms with Crippen molar-refractivity contribution in [2.75, 3.05) is 6.61 Å². The molecule has 6 heteroatoms. The van der Waals surface area contributed by atoms with Crippen molar-refractivity contribution < 1.29 is 18.7 Å². The van der Waals surface area contributed by atoms with E-state index in [0.717, 1.165) is 21.1 Å². The van der Waals surface area contributed by atoms with Gasteiger partial charge >= 0.3 is 5.97 Å². The maximum absolute atomic E-state index is 12.2. The summed E-state index contributed by atoms with van der Waals surface area (Å²) in [6, 6.07) is 18.7. The molecule has 4 rings (SSSR count). The van der Waals surface area contributed by atoms with Crippen molar-refractivity contribution >= 4 is 44.3 Å². The number of para-hydroxylation sites is 1. The summed E-state index contributed by atoms with van der Waals surface area (Å²) in [4.78, 5) is 24.8. The van der Waals surface area contributed by atoms with Crippen LogP contribution in [0.25, 0.3) is 21.1 Å². The monoisotopic (exact) mass is 379 g/mol. The minimum absolute atomic E-state index is 0.326. The minimum atomic E-state index is -0.497. The van der Waals surface area contributed by atoms with Crippen LogP contribution in [0.3, 0.4) is 0 Å². The molecule has 0 fully saturated rings. The number of ether oxygens (including phenoxy) is 1. The summed E-state index contributed by atoms with van der Waals surface area (Å²) in [5, 5.41) is 4.74. The Bertz CT molecular complexity index is 1060. The molecule has 0 aliphatic rings. The lowest BCUT2D eigenvalue weighted by molar-refractivity contribution is -0.125. The fraction of sp³-hybridized carbons (Fsp3) is 0.143. The number of fused-ring (bicyclic) bond motifs is 2. The molecule has 2 aromatic carbocycles. The summed E-state index contributed by atoms with van der Waals surface area (Å²) in [5.41, 5.74) is 0.768. The molecule has 4 aromatic rings. The van der Waals surface area contributed by atoms with Gasteiger partial charge in [-0.2, -0.15) is 0 Å². The Morgan fingerprint density at radius 3 is 2.59 bits per heavy atom. The normalized spacial score (nSPS) is 12.2. The molecule has 1 atom stereocenters. The van der Waals surface area contributed by atoms with Crippen LogP contribution < -0.4 is 5.32 Å². The number of esters is 1. The van der Waals surface area contributed by atoms with Gasteiger partial charge in [-0.3, -0.25) is 4.79 Å². The number of carbonyl (C=O) groups excluding carboxylic acids is 2. The molecule has 1 amide bonds. The number of benzene rings is 2. The molecule has 0 bridgehead atoms. The average Bonchev–Trinajstić information content (AvgIpc) is 3.30. The summed E-state index contributed by atoms with van der Waals surface area (Å²) in [6.45, 7) is 1.49. The predicted octanol–water partition coefficient (Wildman–Crippen LogP) is 4.68. The molecular formula is C21H17NO4S. The molecule has 5 nitrogen and oxygen atoms in total. The maximum atomic E-state index is 12.2. The molecule has 0 saturated carbocycles. The molecule has 0 saturated heterocycles. The minimum Gasteiger partial charge on any atom is -0.459 e. The van der Waals surface area contributed by atoms with Crippen LogP contribution in [-0.4, -0.2) is 18.5 Å². The van der Waals surface area contributed by atoms with Gasteiger partial charge in [0.05, 0.1) is 6.04 Å². The lowest BCUT2D eigenvalue weighted by atomic mass is 10.2. The second kappa shape index (κ2) is 7.25. The van der Waals surface area contributed by atoms with E-state index in [0.29, 0.717) is 10.6 Å². The Hall–Kier alpha value is -3.12. The second-order valence-electron chi connectivity index (χ2n) is 6.20. The fourth-order valence-corrected chi connectivity index (χ4v) is 3.81. The number of rotatable bonds is 5. The van der Waals surface area contributed by atoms with Crippen molar-refractivity contribution in [2.24, 2.45) is 0 Å². The van der Waals surface area contributed by atoms with Gasteiger partial charge in [-0.05, 0) is 36.6 Å². The van der Waals surface area contributed by atoms with E-state index in [1.165, 1.54) is 11.3 Å². The fourth-order valence-electron chi connectivity index (χ4n) is 2.85. The first-order valence-electron chi connectivity index (χ1n) is 8.54. The van der Waals surface area contributed by atoms with Crippen molar-refractivity contribution in [3.8, 4) is 0 Å². The van der Waals surface area contributed by atoms with Gasteiger partial charge in [0.25, 0.3) is 5.91 Å². The molecule has 0 spiro atoms. The molecule has 0 aliphatic carbocycles. The summed E-state index contributed by atoms with van der Waals surface area (Å²) < 4.78 is 11.9. The van der Waals surface area contributed by atoms with Crippen LogP contribution in [-0.2, 0) is 9.53 Å². The van der Waals surface area contributed by atoms with E-state index in [1.807, 2.05) is 61.5 Å². The van der Waals surface area contributed by atoms with Crippen molar-refractivity contribution in [2.45, 2.75) is 13.0 Å². The first-order valence-corrected chi connectivity index (χ1v) is 9.35. The van der Waals surface area contributed by atoms with E-state index < -0.39 is 5.97 Å². The van der Waals surface area contributed by atoms with Crippen molar-refractivity contribution in [3.63, 3.8) is 0 Å². The van der Waals surface area contributed by atoms with Gasteiger partial charge < -0.3 is 14.5 Å². The standard InChI is InChI=1S/C21H17NO4S/c1-13(17-10-14-6-2-4-8-16(14)26-17)22-20(23)12-25-21(24)19-11-15-7-3-5-9-18(15)27-19/h2-11,13H,12H2,1H3,(H,22,23)/t13-/m1/s1. The number of hydrogen-bond donors (Lipinski definition) is 1. The van der Waals surface area contributed by atoms with E-state index in [2.05, 4.69) is 5.32 Å². The van der Waals surface area contributed by atoms with E-state index >= 15 is 0 Å². The van der Waals surface area contributed by atoms with E-state index in [9.17, 15) is 9.59 Å². The molecule has 2 aromatic heterocycles. The highest BCUT2D eigenvalue weighted by Gasteiger charge is 2.17. The molecule has 0 radical (unpaired) electrons. The number of thiophene rings is 1. The largest absolute Gasteiger partial charge is 0.459 e. The van der Waals surface area contributed by atoms with Crippen LogP contribution in [0.4, 0.5) is 0 Å². The summed E-state index contributed by atoms with van der Waals surface area (Å²) in [6.07, 6.45) is 0. The lowest BCUT2D eigenvalue weighted by Crippen LogP contribution is -2.30. The topological polar surface area (TPSA) is 68.5 Å². The SMILES string of the molecule is C[C@@H](NC(=O)COC(=O)c1cc2ccccc2s1)c1cc2ccccc2o1. The third-order valence-electron chi connectivity index (χ3n) is 4.21. The smallest absolute Gasteiger partial charge is 0.348 e. The van der Waals surface area contributed by atoms with Gasteiger partial charge in [0, 0.05) is 10.1 Å². The Balaban J connectivity index is 1.35. The van der Waals surface area contributed by atoms with Crippen LogP contribution in [0.15, 0.2) is 65.1 Å². The van der Waals surface area contributed by atoms with Gasteiger partial charge in [-0.15, -0.1) is 11.3 Å². The quantitative estimate of drug-likeness (QED) is 0.511. The number of nitrogens with one attached hydrogen (secondary N) is 1. The Kier molecular flexibility index (Phi) is 4.64. The third-order valence-corrected chi connectivity index (χ3v) is 5.31. The summed E-state index contributed by atoms with van der Waals surface area (Å²) in [7, 11) is 0. The van der Waals surface area contributed by atoms with Crippen LogP contribution in [0.2, 0.25) is 0 Å². The van der Waals surface area contributed by atoms with E-state index in [-0.39, 0.29) is 18.6 Å². The molecule has 27 heavy (non-hydrogen) atoms. The molecular weight excluding hydrogens is 362 g/mol. The van der Waals surface area contributed by atoms with Crippen molar-refractivity contribution in [1.82, 2.24) is 5.32 Å². The third kappa shape index (κ3) is 3.71. The maximum Gasteiger partial charge on any atom is 0.348 e. The highest BCUT2D eigenvalue weighted by Crippen LogP contribution is 2.26. The first-order chi connectivity index (χ1) is 13.1. The average molecular weight is 379 g/mol. The van der Waals surface area contributed by atoms with Gasteiger partial charge in [-0.1, -0.05) is 36.4 Å². The first kappa shape index (κ1) is 17.3.